The predicted octanol–water partition coefficient (Wildman–Crippen LogP) is 4.75. The average Bonchev–Trinajstić information content (AvgIpc) is 3.38. The third-order valence-corrected chi connectivity index (χ3v) is 9.52. The highest BCUT2D eigenvalue weighted by Crippen LogP contribution is 2.44. The van der Waals surface area contributed by atoms with Gasteiger partial charge in [-0.15, -0.1) is 6.42 Å². The van der Waals surface area contributed by atoms with Crippen molar-refractivity contribution in [2.75, 3.05) is 51.0 Å². The molecule has 0 saturated carbocycles. The van der Waals surface area contributed by atoms with E-state index < -0.39 is 23.3 Å². The van der Waals surface area contributed by atoms with Crippen molar-refractivity contribution in [2.45, 2.75) is 43.4 Å². The molecule has 2 aromatic heterocycles. The lowest BCUT2D eigenvalue weighted by Gasteiger charge is -2.31. The molecule has 3 saturated heterocycles. The molecule has 4 aromatic rings. The second-order valence-corrected chi connectivity index (χ2v) is 12.2. The van der Waals surface area contributed by atoms with Crippen LogP contribution in [0.25, 0.3) is 32.9 Å². The van der Waals surface area contributed by atoms with Crippen LogP contribution in [-0.2, 0) is 4.74 Å². The van der Waals surface area contributed by atoms with Crippen LogP contribution >= 0.6 is 0 Å². The van der Waals surface area contributed by atoms with E-state index in [1.54, 1.807) is 0 Å². The van der Waals surface area contributed by atoms with Crippen LogP contribution in [-0.4, -0.2) is 88.8 Å². The first kappa shape index (κ1) is 28.2. The lowest BCUT2D eigenvalue weighted by atomic mass is 9.95. The van der Waals surface area contributed by atoms with Gasteiger partial charge in [-0.2, -0.15) is 9.97 Å². The first-order valence-corrected chi connectivity index (χ1v) is 15.2. The Bertz CT molecular complexity index is 1900. The number of pyridine rings is 1. The Balaban J connectivity index is 1.33. The second kappa shape index (κ2) is 10.6. The van der Waals surface area contributed by atoms with Crippen molar-refractivity contribution >= 4 is 27.5 Å². The van der Waals surface area contributed by atoms with Gasteiger partial charge in [0.25, 0.3) is 0 Å². The Hall–Kier alpha value is -4.34. The molecule has 2 aromatic carbocycles. The number of nitrogens with zero attached hydrogens (tertiary/aromatic N) is 5. The highest BCUT2D eigenvalue weighted by molar-refractivity contribution is 6.04. The van der Waals surface area contributed by atoms with Gasteiger partial charge in [-0.1, -0.05) is 12.0 Å². The Kier molecular flexibility index (Phi) is 6.65. The number of terminal acetylenes is 1. The minimum Gasteiger partial charge on any atom is -0.508 e. The standard InChI is InChI=1S/C33H30F3N5O4/c1-2-22-24(35)6-5-18-11-21(42)12-23(25(18)22)28-27(36)29-26-30(41-9-4-10-43-15-20(41)16-44-31(26)37-28)39-32(38-29)45-17-33-7-3-8-40(33)14-19(34)13-33/h1,5-6,11-12,19-20,42H,3-4,7-10,13-17H2/t19-,20-,33+/m1/s1. The number of hydrogen-bond donors (Lipinski definition) is 1. The molecule has 3 atom stereocenters. The number of phenolic OH excluding ortho intramolecular Hbond substituents is 1. The monoisotopic (exact) mass is 617 g/mol. The van der Waals surface area contributed by atoms with Crippen molar-refractivity contribution in [2.24, 2.45) is 0 Å². The molecule has 0 spiro atoms. The summed E-state index contributed by atoms with van der Waals surface area (Å²) in [6.45, 7) is 3.01. The maximum Gasteiger partial charge on any atom is 0.319 e. The van der Waals surface area contributed by atoms with Gasteiger partial charge < -0.3 is 24.2 Å². The summed E-state index contributed by atoms with van der Waals surface area (Å²) in [4.78, 5) is 18.1. The van der Waals surface area contributed by atoms with E-state index in [0.717, 1.165) is 19.4 Å². The second-order valence-electron chi connectivity index (χ2n) is 12.2. The predicted molar refractivity (Wildman–Crippen MR) is 160 cm³/mol. The number of phenols is 1. The summed E-state index contributed by atoms with van der Waals surface area (Å²) in [5, 5.41) is 11.5. The molecule has 12 heteroatoms. The number of hydrogen-bond acceptors (Lipinski definition) is 9. The third kappa shape index (κ3) is 4.51. The molecule has 0 bridgehead atoms. The van der Waals surface area contributed by atoms with Crippen molar-refractivity contribution in [1.82, 2.24) is 19.9 Å². The van der Waals surface area contributed by atoms with Crippen LogP contribution in [0.2, 0.25) is 0 Å². The zero-order valence-electron chi connectivity index (χ0n) is 24.4. The number of anilines is 1. The van der Waals surface area contributed by atoms with Gasteiger partial charge in [-0.3, -0.25) is 4.90 Å². The zero-order chi connectivity index (χ0) is 30.9. The molecule has 0 aliphatic carbocycles. The highest BCUT2D eigenvalue weighted by Gasteiger charge is 2.49. The molecule has 45 heavy (non-hydrogen) atoms. The first-order chi connectivity index (χ1) is 21.8. The molecule has 6 heterocycles. The molecule has 3 fully saturated rings. The number of aromatic nitrogens is 3. The minimum atomic E-state index is -0.936. The molecule has 4 aliphatic heterocycles. The average molecular weight is 618 g/mol. The quantitative estimate of drug-likeness (QED) is 0.326. The van der Waals surface area contributed by atoms with Crippen LogP contribution in [0.3, 0.4) is 0 Å². The minimum absolute atomic E-state index is 0.0510. The van der Waals surface area contributed by atoms with Crippen LogP contribution in [0.15, 0.2) is 24.3 Å². The van der Waals surface area contributed by atoms with Crippen LogP contribution in [0.4, 0.5) is 19.0 Å². The summed E-state index contributed by atoms with van der Waals surface area (Å²) in [7, 11) is 0. The zero-order valence-corrected chi connectivity index (χ0v) is 24.4. The van der Waals surface area contributed by atoms with Gasteiger partial charge in [-0.05, 0) is 49.4 Å². The highest BCUT2D eigenvalue weighted by atomic mass is 19.1. The Morgan fingerprint density at radius 1 is 1.11 bits per heavy atom. The van der Waals surface area contributed by atoms with E-state index in [1.807, 2.05) is 4.90 Å². The van der Waals surface area contributed by atoms with Crippen LogP contribution in [0, 0.1) is 24.0 Å². The topological polar surface area (TPSA) is 93.1 Å². The summed E-state index contributed by atoms with van der Waals surface area (Å²) < 4.78 is 64.5. The summed E-state index contributed by atoms with van der Waals surface area (Å²) >= 11 is 0. The van der Waals surface area contributed by atoms with E-state index in [0.29, 0.717) is 50.3 Å². The lowest BCUT2D eigenvalue weighted by Crippen LogP contribution is -2.43. The summed E-state index contributed by atoms with van der Waals surface area (Å²) in [5.74, 6) is 1.18. The summed E-state index contributed by atoms with van der Waals surface area (Å²) in [6.07, 6.45) is 7.56. The van der Waals surface area contributed by atoms with Gasteiger partial charge >= 0.3 is 6.01 Å². The number of fused-ring (bicyclic) bond motifs is 4. The molecule has 8 rings (SSSR count). The smallest absolute Gasteiger partial charge is 0.319 e. The van der Waals surface area contributed by atoms with Gasteiger partial charge in [0.15, 0.2) is 5.82 Å². The molecule has 9 nitrogen and oxygen atoms in total. The van der Waals surface area contributed by atoms with E-state index >= 15 is 4.39 Å². The van der Waals surface area contributed by atoms with Crippen LogP contribution in [0.5, 0.6) is 17.6 Å². The van der Waals surface area contributed by atoms with E-state index in [1.165, 1.54) is 24.3 Å². The van der Waals surface area contributed by atoms with Gasteiger partial charge in [0.2, 0.25) is 5.88 Å². The maximum atomic E-state index is 16.9. The van der Waals surface area contributed by atoms with Crippen molar-refractivity contribution in [3.63, 3.8) is 0 Å². The molecular weight excluding hydrogens is 587 g/mol. The van der Waals surface area contributed by atoms with Gasteiger partial charge in [0, 0.05) is 37.1 Å². The largest absolute Gasteiger partial charge is 0.508 e. The fraction of sp³-hybridized carbons (Fsp3) is 0.424. The van der Waals surface area contributed by atoms with E-state index in [4.69, 9.17) is 25.6 Å². The van der Waals surface area contributed by atoms with Crippen molar-refractivity contribution in [1.29, 1.82) is 0 Å². The number of ether oxygens (including phenoxy) is 3. The molecule has 0 unspecified atom stereocenters. The number of rotatable bonds is 4. The SMILES string of the molecule is C#Cc1c(F)ccc2cc(O)cc(-c3nc4c5c(nc(OC[C@@]67CCCN6C[C@H](F)C7)nc5c3F)N3CCCOC[C@@H]3CO4)c12. The molecule has 4 aliphatic rings. The number of halogens is 3. The molecular formula is C33H30F3N5O4. The molecule has 0 radical (unpaired) electrons. The first-order valence-electron chi connectivity index (χ1n) is 15.2. The Morgan fingerprint density at radius 3 is 2.87 bits per heavy atom. The van der Waals surface area contributed by atoms with E-state index in [9.17, 15) is 13.9 Å². The lowest BCUT2D eigenvalue weighted by molar-refractivity contribution is 0.107. The number of benzene rings is 2. The van der Waals surface area contributed by atoms with E-state index in [-0.39, 0.29) is 70.0 Å². The number of alkyl halides is 1. The Morgan fingerprint density at radius 2 is 2.00 bits per heavy atom. The van der Waals surface area contributed by atoms with Crippen LogP contribution < -0.4 is 14.4 Å². The fourth-order valence-corrected chi connectivity index (χ4v) is 7.48. The van der Waals surface area contributed by atoms with Gasteiger partial charge in [-0.25, -0.2) is 18.2 Å². The normalized spacial score (nSPS) is 24.5. The van der Waals surface area contributed by atoms with Crippen molar-refractivity contribution in [3.8, 4) is 41.2 Å². The maximum absolute atomic E-state index is 16.9. The molecule has 0 amide bonds. The summed E-state index contributed by atoms with van der Waals surface area (Å²) in [5.41, 5.74) is -0.789. The number of aromatic hydroxyl groups is 1. The van der Waals surface area contributed by atoms with Gasteiger partial charge in [0.1, 0.15) is 53.4 Å². The summed E-state index contributed by atoms with van der Waals surface area (Å²) in [6, 6.07) is 5.09. The Labute approximate surface area is 256 Å². The van der Waals surface area contributed by atoms with Crippen LogP contribution in [0.1, 0.15) is 31.2 Å². The molecule has 232 valence electrons. The van der Waals surface area contributed by atoms with Crippen molar-refractivity contribution in [3.05, 3.63) is 41.5 Å². The molecule has 1 N–H and O–H groups in total. The third-order valence-electron chi connectivity index (χ3n) is 9.52. The van der Waals surface area contributed by atoms with Gasteiger partial charge in [0.05, 0.1) is 23.8 Å². The fourth-order valence-electron chi connectivity index (χ4n) is 7.48. The van der Waals surface area contributed by atoms with Crippen molar-refractivity contribution < 1.29 is 32.5 Å². The van der Waals surface area contributed by atoms with E-state index in [2.05, 4.69) is 20.8 Å².